The Labute approximate surface area is 136 Å². The Bertz CT molecular complexity index is 510. The van der Waals surface area contributed by atoms with E-state index in [1.54, 1.807) is 0 Å². The second kappa shape index (κ2) is 8.84. The van der Waals surface area contributed by atoms with Crippen molar-refractivity contribution in [2.45, 2.75) is 51.5 Å². The summed E-state index contributed by atoms with van der Waals surface area (Å²) in [5.41, 5.74) is -0.949. The number of carboxylic acids is 2. The van der Waals surface area contributed by atoms with Gasteiger partial charge in [-0.2, -0.15) is 13.2 Å². The Morgan fingerprint density at radius 2 is 1.83 bits per heavy atom. The summed E-state index contributed by atoms with van der Waals surface area (Å²) < 4.78 is 34.5. The summed E-state index contributed by atoms with van der Waals surface area (Å²) in [5, 5.41) is 34.8. The van der Waals surface area contributed by atoms with E-state index in [1.807, 2.05) is 0 Å². The van der Waals surface area contributed by atoms with Crippen molar-refractivity contribution >= 4 is 11.9 Å². The molecule has 0 aromatic carbocycles. The zero-order valence-corrected chi connectivity index (χ0v) is 13.2. The first kappa shape index (κ1) is 22.1. The lowest BCUT2D eigenvalue weighted by atomic mass is 9.80. The second-order valence-electron chi connectivity index (χ2n) is 5.81. The first-order chi connectivity index (χ1) is 10.8. The number of halogens is 3. The molecule has 0 saturated carbocycles. The molecule has 0 aromatic rings. The minimum atomic E-state index is -4.35. The van der Waals surface area contributed by atoms with Gasteiger partial charge in [0.1, 0.15) is 0 Å². The van der Waals surface area contributed by atoms with Crippen molar-refractivity contribution < 1.29 is 43.2 Å². The summed E-state index contributed by atoms with van der Waals surface area (Å²) in [4.78, 5) is 21.3. The van der Waals surface area contributed by atoms with Gasteiger partial charge in [0.15, 0.2) is 0 Å². The third-order valence-electron chi connectivity index (χ3n) is 3.16. The third kappa shape index (κ3) is 8.68. The smallest absolute Gasteiger partial charge is 0.391 e. The van der Waals surface area contributed by atoms with E-state index in [1.165, 1.54) is 32.1 Å². The summed E-state index contributed by atoms with van der Waals surface area (Å²) >= 11 is 0. The number of rotatable bonds is 5. The van der Waals surface area contributed by atoms with Crippen LogP contribution in [0.25, 0.3) is 0 Å². The molecule has 0 amide bonds. The number of alkyl halides is 3. The van der Waals surface area contributed by atoms with E-state index in [-0.39, 0.29) is 18.4 Å². The van der Waals surface area contributed by atoms with Crippen LogP contribution in [0.3, 0.4) is 0 Å². The molecule has 1 rings (SSSR count). The van der Waals surface area contributed by atoms with E-state index in [0.717, 1.165) is 0 Å². The molecule has 4 N–H and O–H groups in total. The highest BCUT2D eigenvalue weighted by Crippen LogP contribution is 2.31. The maximum atomic E-state index is 11.5. The number of hydrogen-bond acceptors (Lipinski definition) is 4. The van der Waals surface area contributed by atoms with Crippen molar-refractivity contribution in [3.8, 4) is 0 Å². The molecule has 138 valence electrons. The Hall–Kier alpha value is -1.87. The number of hydrogen-bond donors (Lipinski definition) is 4. The molecule has 0 bridgehead atoms. The Kier molecular flexibility index (Phi) is 8.15. The van der Waals surface area contributed by atoms with Crippen LogP contribution >= 0.6 is 0 Å². The van der Waals surface area contributed by atoms with Gasteiger partial charge in [0.2, 0.25) is 0 Å². The number of carbonyl (C=O) groups is 2. The molecule has 0 aromatic heterocycles. The average molecular weight is 354 g/mol. The van der Waals surface area contributed by atoms with Gasteiger partial charge in [-0.25, -0.2) is 4.79 Å². The van der Waals surface area contributed by atoms with Crippen LogP contribution in [-0.4, -0.2) is 50.7 Å². The number of aliphatic hydroxyl groups excluding tert-OH is 2. The highest BCUT2D eigenvalue weighted by molar-refractivity contribution is 5.90. The van der Waals surface area contributed by atoms with E-state index in [2.05, 4.69) is 0 Å². The van der Waals surface area contributed by atoms with Gasteiger partial charge in [-0.1, -0.05) is 18.2 Å². The molecule has 9 heteroatoms. The molecular formula is C15H21F3O6. The van der Waals surface area contributed by atoms with Crippen molar-refractivity contribution in [1.29, 1.82) is 0 Å². The lowest BCUT2D eigenvalue weighted by molar-refractivity contribution is -0.156. The van der Waals surface area contributed by atoms with Crippen molar-refractivity contribution in [2.24, 2.45) is 5.41 Å². The van der Waals surface area contributed by atoms with Crippen molar-refractivity contribution in [3.05, 3.63) is 23.8 Å². The number of aliphatic carboxylic acids is 2. The fourth-order valence-corrected chi connectivity index (χ4v) is 1.93. The molecule has 1 aliphatic rings. The van der Waals surface area contributed by atoms with E-state index in [9.17, 15) is 22.8 Å². The molecule has 24 heavy (non-hydrogen) atoms. The summed E-state index contributed by atoms with van der Waals surface area (Å²) in [7, 11) is 0. The molecular weight excluding hydrogens is 333 g/mol. The second-order valence-corrected chi connectivity index (χ2v) is 5.81. The summed E-state index contributed by atoms with van der Waals surface area (Å²) in [6.45, 7) is 2.83. The molecule has 0 aliphatic heterocycles. The van der Waals surface area contributed by atoms with Crippen LogP contribution in [0.5, 0.6) is 0 Å². The maximum Gasteiger partial charge on any atom is 0.391 e. The van der Waals surface area contributed by atoms with Crippen LogP contribution in [0, 0.1) is 5.41 Å². The monoisotopic (exact) mass is 354 g/mol. The predicted octanol–water partition coefficient (Wildman–Crippen LogP) is 2.12. The van der Waals surface area contributed by atoms with Crippen LogP contribution in [0.1, 0.15) is 33.1 Å². The van der Waals surface area contributed by atoms with Crippen LogP contribution in [0.15, 0.2) is 23.8 Å². The van der Waals surface area contributed by atoms with Gasteiger partial charge in [0.25, 0.3) is 0 Å². The van der Waals surface area contributed by atoms with Gasteiger partial charge >= 0.3 is 18.1 Å². The fourth-order valence-electron chi connectivity index (χ4n) is 1.93. The highest BCUT2D eigenvalue weighted by Gasteiger charge is 2.34. The Morgan fingerprint density at radius 1 is 1.29 bits per heavy atom. The first-order valence-electron chi connectivity index (χ1n) is 7.05. The Morgan fingerprint density at radius 3 is 2.21 bits per heavy atom. The minimum Gasteiger partial charge on any atom is -0.481 e. The summed E-state index contributed by atoms with van der Waals surface area (Å²) in [6, 6.07) is 0. The van der Waals surface area contributed by atoms with Crippen LogP contribution in [0.2, 0.25) is 0 Å². The van der Waals surface area contributed by atoms with E-state index in [0.29, 0.717) is 0 Å². The first-order valence-corrected chi connectivity index (χ1v) is 7.05. The Balaban J connectivity index is 0.000000449. The largest absolute Gasteiger partial charge is 0.481 e. The van der Waals surface area contributed by atoms with E-state index in [4.69, 9.17) is 20.4 Å². The van der Waals surface area contributed by atoms with Crippen LogP contribution in [0.4, 0.5) is 13.2 Å². The number of allylic oxidation sites excluding steroid dienone is 2. The normalized spacial score (nSPS) is 22.7. The molecule has 0 saturated heterocycles. The molecule has 3 unspecified atom stereocenters. The molecule has 0 radical (unpaired) electrons. The third-order valence-corrected chi connectivity index (χ3v) is 3.16. The number of carboxylic acid groups (broad SMARTS) is 2. The molecule has 0 heterocycles. The zero-order valence-electron chi connectivity index (χ0n) is 13.2. The highest BCUT2D eigenvalue weighted by atomic mass is 19.4. The number of aliphatic hydroxyl groups is 2. The molecule has 3 atom stereocenters. The van der Waals surface area contributed by atoms with Crippen LogP contribution < -0.4 is 0 Å². The maximum absolute atomic E-state index is 11.5. The zero-order chi connectivity index (χ0) is 19.1. The van der Waals surface area contributed by atoms with Crippen molar-refractivity contribution in [1.82, 2.24) is 0 Å². The van der Waals surface area contributed by atoms with Crippen LogP contribution in [-0.2, 0) is 9.59 Å². The van der Waals surface area contributed by atoms with Gasteiger partial charge in [0.05, 0.1) is 24.0 Å². The standard InChI is InChI=1S/C9H10O4.C6H11F3O2/c1-9(8(12)13)4-2-3-6(5-9)7(10)11;1-4(10)2-5(11)3-6(7,8)9/h2-4H,5H2,1H3,(H,10,11)(H,12,13);4-5,10-11H,2-3H2,1H3. The molecule has 1 aliphatic carbocycles. The van der Waals surface area contributed by atoms with Crippen molar-refractivity contribution in [2.75, 3.05) is 0 Å². The van der Waals surface area contributed by atoms with E-state index >= 15 is 0 Å². The lowest BCUT2D eigenvalue weighted by Crippen LogP contribution is -2.28. The molecule has 0 fully saturated rings. The SMILES string of the molecule is CC(O)CC(O)CC(F)(F)F.CC1(C(=O)O)C=CC=C(C(=O)O)C1. The van der Waals surface area contributed by atoms with Gasteiger partial charge in [-0.3, -0.25) is 4.79 Å². The summed E-state index contributed by atoms with van der Waals surface area (Å²) in [5.74, 6) is -2.06. The molecule has 6 nitrogen and oxygen atoms in total. The topological polar surface area (TPSA) is 115 Å². The van der Waals surface area contributed by atoms with Gasteiger partial charge in [0, 0.05) is 5.57 Å². The quantitative estimate of drug-likeness (QED) is 0.601. The minimum absolute atomic E-state index is 0.0359. The van der Waals surface area contributed by atoms with Crippen molar-refractivity contribution in [3.63, 3.8) is 0 Å². The van der Waals surface area contributed by atoms with Gasteiger partial charge in [-0.05, 0) is 26.7 Å². The van der Waals surface area contributed by atoms with Gasteiger partial charge < -0.3 is 20.4 Å². The lowest BCUT2D eigenvalue weighted by Gasteiger charge is -2.23. The average Bonchev–Trinajstić information content (AvgIpc) is 2.35. The van der Waals surface area contributed by atoms with Gasteiger partial charge in [-0.15, -0.1) is 0 Å². The fraction of sp³-hybridized carbons (Fsp3) is 0.600. The van der Waals surface area contributed by atoms with E-state index < -0.39 is 42.2 Å². The summed E-state index contributed by atoms with van der Waals surface area (Å²) in [6.07, 6.45) is -3.79. The predicted molar refractivity (Wildman–Crippen MR) is 78.2 cm³/mol. The molecule has 0 spiro atoms.